The average molecular weight is 425 g/mol. The molecule has 106 valence electrons. The Morgan fingerprint density at radius 3 is 2.45 bits per heavy atom. The van der Waals surface area contributed by atoms with E-state index in [1.165, 1.54) is 12.4 Å². The van der Waals surface area contributed by atoms with Crippen molar-refractivity contribution in [3.05, 3.63) is 39.2 Å². The van der Waals surface area contributed by atoms with Crippen LogP contribution in [-0.4, -0.2) is 25.4 Å². The molecule has 0 aliphatic rings. The molecular formula is C11H10ClIN4O2S. The van der Waals surface area contributed by atoms with Crippen LogP contribution >= 0.6 is 34.2 Å². The standard InChI is InChI=1S/C11H10ClIN4O2S/c1-14-11-15-5-8(6-16-11)20(18,19)17-10-3-2-7(12)4-9(10)13/h2-6,17H,1H3,(H,14,15,16). The van der Waals surface area contributed by atoms with Crippen molar-refractivity contribution in [2.45, 2.75) is 4.90 Å². The number of rotatable bonds is 4. The first-order valence-corrected chi connectivity index (χ1v) is 8.34. The van der Waals surface area contributed by atoms with Crippen LogP contribution in [0.4, 0.5) is 11.6 Å². The maximum atomic E-state index is 12.2. The summed E-state index contributed by atoms with van der Waals surface area (Å²) in [5.41, 5.74) is 0.452. The van der Waals surface area contributed by atoms with Gasteiger partial charge >= 0.3 is 0 Å². The fourth-order valence-corrected chi connectivity index (χ4v) is 3.52. The number of hydrogen-bond donors (Lipinski definition) is 2. The number of aromatic nitrogens is 2. The van der Waals surface area contributed by atoms with Gasteiger partial charge in [0.05, 0.1) is 18.1 Å². The van der Waals surface area contributed by atoms with E-state index in [4.69, 9.17) is 11.6 Å². The Balaban J connectivity index is 2.30. The number of nitrogens with one attached hydrogen (secondary N) is 2. The molecule has 20 heavy (non-hydrogen) atoms. The lowest BCUT2D eigenvalue weighted by atomic mass is 10.3. The zero-order valence-electron chi connectivity index (χ0n) is 10.3. The van der Waals surface area contributed by atoms with Crippen molar-refractivity contribution in [3.8, 4) is 0 Å². The maximum absolute atomic E-state index is 12.2. The molecular weight excluding hydrogens is 415 g/mol. The van der Waals surface area contributed by atoms with Crippen LogP contribution in [0.2, 0.25) is 5.02 Å². The van der Waals surface area contributed by atoms with Gasteiger partial charge in [0.1, 0.15) is 4.90 Å². The minimum absolute atomic E-state index is 0.0118. The third-order valence-corrected chi connectivity index (χ3v) is 4.79. The van der Waals surface area contributed by atoms with Gasteiger partial charge < -0.3 is 5.32 Å². The van der Waals surface area contributed by atoms with Gasteiger partial charge in [-0.25, -0.2) is 18.4 Å². The average Bonchev–Trinajstić information content (AvgIpc) is 2.42. The van der Waals surface area contributed by atoms with Crippen molar-refractivity contribution in [3.63, 3.8) is 0 Å². The molecule has 9 heteroatoms. The summed E-state index contributed by atoms with van der Waals surface area (Å²) in [6.07, 6.45) is 2.48. The minimum atomic E-state index is -3.72. The van der Waals surface area contributed by atoms with Gasteiger partial charge in [-0.3, -0.25) is 4.72 Å². The van der Waals surface area contributed by atoms with Crippen LogP contribution in [0.5, 0.6) is 0 Å². The highest BCUT2D eigenvalue weighted by Crippen LogP contribution is 2.24. The van der Waals surface area contributed by atoms with Crippen LogP contribution < -0.4 is 10.0 Å². The monoisotopic (exact) mass is 424 g/mol. The third-order valence-electron chi connectivity index (χ3n) is 2.34. The van der Waals surface area contributed by atoms with Gasteiger partial charge in [-0.1, -0.05) is 11.6 Å². The Bertz CT molecular complexity index is 722. The van der Waals surface area contributed by atoms with Crippen molar-refractivity contribution < 1.29 is 8.42 Å². The van der Waals surface area contributed by atoms with E-state index in [2.05, 4.69) is 20.0 Å². The second kappa shape index (κ2) is 6.10. The molecule has 0 aliphatic carbocycles. The van der Waals surface area contributed by atoms with Crippen molar-refractivity contribution in [1.82, 2.24) is 9.97 Å². The summed E-state index contributed by atoms with van der Waals surface area (Å²) in [6, 6.07) is 4.88. The normalized spacial score (nSPS) is 11.2. The molecule has 0 saturated heterocycles. The molecule has 2 aromatic rings. The van der Waals surface area contributed by atoms with E-state index in [-0.39, 0.29) is 4.90 Å². The predicted octanol–water partition coefficient (Wildman–Crippen LogP) is 2.58. The minimum Gasteiger partial charge on any atom is -0.357 e. The molecule has 0 radical (unpaired) electrons. The van der Waals surface area contributed by atoms with Crippen molar-refractivity contribution in [1.29, 1.82) is 0 Å². The van der Waals surface area contributed by atoms with Gasteiger partial charge in [-0.05, 0) is 40.8 Å². The Kier molecular flexibility index (Phi) is 4.66. The Hall–Kier alpha value is -1.13. The SMILES string of the molecule is CNc1ncc(S(=O)(=O)Nc2ccc(Cl)cc2I)cn1. The fraction of sp³-hybridized carbons (Fsp3) is 0.0909. The van der Waals surface area contributed by atoms with Crippen LogP contribution in [0.1, 0.15) is 0 Å². The molecule has 0 amide bonds. The molecule has 6 nitrogen and oxygen atoms in total. The lowest BCUT2D eigenvalue weighted by Gasteiger charge is -2.09. The Morgan fingerprint density at radius 2 is 1.90 bits per heavy atom. The molecule has 0 spiro atoms. The number of anilines is 2. The number of halogens is 2. The highest BCUT2D eigenvalue weighted by molar-refractivity contribution is 14.1. The summed E-state index contributed by atoms with van der Waals surface area (Å²) in [4.78, 5) is 7.74. The summed E-state index contributed by atoms with van der Waals surface area (Å²) >= 11 is 7.83. The molecule has 1 aromatic heterocycles. The maximum Gasteiger partial charge on any atom is 0.265 e. The van der Waals surface area contributed by atoms with Gasteiger partial charge in [0.2, 0.25) is 5.95 Å². The van der Waals surface area contributed by atoms with Crippen LogP contribution in [0, 0.1) is 3.57 Å². The predicted molar refractivity (Wildman–Crippen MR) is 86.6 cm³/mol. The zero-order chi connectivity index (χ0) is 14.8. The first-order valence-electron chi connectivity index (χ1n) is 5.40. The molecule has 2 N–H and O–H groups in total. The number of nitrogens with zero attached hydrogens (tertiary/aromatic N) is 2. The topological polar surface area (TPSA) is 84.0 Å². The van der Waals surface area contributed by atoms with Crippen molar-refractivity contribution >= 4 is 55.9 Å². The zero-order valence-corrected chi connectivity index (χ0v) is 14.0. The highest BCUT2D eigenvalue weighted by atomic mass is 127. The Morgan fingerprint density at radius 1 is 1.25 bits per heavy atom. The summed E-state index contributed by atoms with van der Waals surface area (Å²) in [6.45, 7) is 0. The summed E-state index contributed by atoms with van der Waals surface area (Å²) in [7, 11) is -2.07. The number of sulfonamides is 1. The summed E-state index contributed by atoms with van der Waals surface area (Å²) in [5.74, 6) is 0.352. The molecule has 0 fully saturated rings. The van der Waals surface area contributed by atoms with Crippen molar-refractivity contribution in [2.75, 3.05) is 17.1 Å². The molecule has 1 heterocycles. The molecule has 2 rings (SSSR count). The van der Waals surface area contributed by atoms with E-state index < -0.39 is 10.0 Å². The largest absolute Gasteiger partial charge is 0.357 e. The molecule has 1 aromatic carbocycles. The van der Waals surface area contributed by atoms with E-state index in [9.17, 15) is 8.42 Å². The molecule has 0 aliphatic heterocycles. The van der Waals surface area contributed by atoms with Gasteiger partial charge in [-0.2, -0.15) is 0 Å². The van der Waals surface area contributed by atoms with Gasteiger partial charge in [0.25, 0.3) is 10.0 Å². The quantitative estimate of drug-likeness (QED) is 0.737. The van der Waals surface area contributed by atoms with Gasteiger partial charge in [0, 0.05) is 15.6 Å². The number of benzene rings is 1. The summed E-state index contributed by atoms with van der Waals surface area (Å²) < 4.78 is 27.6. The second-order valence-corrected chi connectivity index (χ2v) is 7.00. The first kappa shape index (κ1) is 15.3. The van der Waals surface area contributed by atoms with Gasteiger partial charge in [-0.15, -0.1) is 0 Å². The van der Waals surface area contributed by atoms with E-state index in [0.29, 0.717) is 20.2 Å². The van der Waals surface area contributed by atoms with E-state index in [1.54, 1.807) is 25.2 Å². The van der Waals surface area contributed by atoms with E-state index >= 15 is 0 Å². The van der Waals surface area contributed by atoms with E-state index in [0.717, 1.165) is 0 Å². The summed E-state index contributed by atoms with van der Waals surface area (Å²) in [5, 5.41) is 3.26. The second-order valence-electron chi connectivity index (χ2n) is 3.72. The van der Waals surface area contributed by atoms with Crippen molar-refractivity contribution in [2.24, 2.45) is 0 Å². The smallest absolute Gasteiger partial charge is 0.265 e. The van der Waals surface area contributed by atoms with Crippen LogP contribution in [0.3, 0.4) is 0 Å². The molecule has 0 bridgehead atoms. The van der Waals surface area contributed by atoms with Crippen LogP contribution in [0.15, 0.2) is 35.5 Å². The van der Waals surface area contributed by atoms with E-state index in [1.807, 2.05) is 22.6 Å². The lowest BCUT2D eigenvalue weighted by molar-refractivity contribution is 0.600. The Labute approximate surface area is 135 Å². The van der Waals surface area contributed by atoms with Crippen LogP contribution in [0.25, 0.3) is 0 Å². The third kappa shape index (κ3) is 3.49. The fourth-order valence-electron chi connectivity index (χ4n) is 1.36. The first-order chi connectivity index (χ1) is 9.42. The van der Waals surface area contributed by atoms with Gasteiger partial charge in [0.15, 0.2) is 0 Å². The molecule has 0 saturated carbocycles. The molecule has 0 atom stereocenters. The highest BCUT2D eigenvalue weighted by Gasteiger charge is 2.16. The molecule has 0 unspecified atom stereocenters. The number of hydrogen-bond acceptors (Lipinski definition) is 5. The lowest BCUT2D eigenvalue weighted by Crippen LogP contribution is -2.14. The van der Waals surface area contributed by atoms with Crippen LogP contribution in [-0.2, 0) is 10.0 Å².